The van der Waals surface area contributed by atoms with Gasteiger partial charge >= 0.3 is 6.18 Å². The van der Waals surface area contributed by atoms with Gasteiger partial charge in [0.2, 0.25) is 5.91 Å². The van der Waals surface area contributed by atoms with E-state index < -0.39 is 11.7 Å². The maximum Gasteiger partial charge on any atom is 0.417 e. The summed E-state index contributed by atoms with van der Waals surface area (Å²) in [6.45, 7) is 7.90. The standard InChI is InChI=1S/C17H25F3N4O/c1-13(2)10-22-16(25)12-23-6-3-7-24(9-8-23)15-5-4-14(11-21-15)17(18,19)20/h4-5,11,13H,3,6-10,12H2,1-2H3,(H,22,25). The van der Waals surface area contributed by atoms with Crippen molar-refractivity contribution < 1.29 is 18.0 Å². The van der Waals surface area contributed by atoms with Crippen molar-refractivity contribution in [3.05, 3.63) is 23.9 Å². The molecule has 0 saturated carbocycles. The number of anilines is 1. The molecule has 0 aliphatic carbocycles. The van der Waals surface area contributed by atoms with E-state index in [0.717, 1.165) is 25.2 Å². The van der Waals surface area contributed by atoms with Crippen molar-refractivity contribution >= 4 is 11.7 Å². The van der Waals surface area contributed by atoms with E-state index in [2.05, 4.69) is 15.2 Å². The highest BCUT2D eigenvalue weighted by Crippen LogP contribution is 2.29. The molecule has 1 aliphatic rings. The molecule has 140 valence electrons. The molecule has 0 radical (unpaired) electrons. The number of pyridine rings is 1. The fourth-order valence-electron chi connectivity index (χ4n) is 2.68. The second-order valence-corrected chi connectivity index (χ2v) is 6.72. The average Bonchev–Trinajstić information content (AvgIpc) is 2.78. The molecular weight excluding hydrogens is 333 g/mol. The van der Waals surface area contributed by atoms with Crippen molar-refractivity contribution in [2.75, 3.05) is 44.2 Å². The topological polar surface area (TPSA) is 48.5 Å². The molecule has 5 nitrogen and oxygen atoms in total. The summed E-state index contributed by atoms with van der Waals surface area (Å²) < 4.78 is 37.8. The summed E-state index contributed by atoms with van der Waals surface area (Å²) in [6.07, 6.45) is -2.66. The van der Waals surface area contributed by atoms with Crippen molar-refractivity contribution in [3.63, 3.8) is 0 Å². The Labute approximate surface area is 146 Å². The van der Waals surface area contributed by atoms with Crippen LogP contribution in [0.2, 0.25) is 0 Å². The van der Waals surface area contributed by atoms with Gasteiger partial charge in [0.15, 0.2) is 0 Å². The van der Waals surface area contributed by atoms with Crippen molar-refractivity contribution in [2.24, 2.45) is 5.92 Å². The second-order valence-electron chi connectivity index (χ2n) is 6.72. The molecule has 1 saturated heterocycles. The molecule has 1 N–H and O–H groups in total. The lowest BCUT2D eigenvalue weighted by Gasteiger charge is -2.23. The zero-order valence-corrected chi connectivity index (χ0v) is 14.6. The lowest BCUT2D eigenvalue weighted by Crippen LogP contribution is -2.40. The number of rotatable bonds is 5. The summed E-state index contributed by atoms with van der Waals surface area (Å²) in [7, 11) is 0. The SMILES string of the molecule is CC(C)CNC(=O)CN1CCCN(c2ccc(C(F)(F)F)cn2)CC1. The Balaban J connectivity index is 1.87. The van der Waals surface area contributed by atoms with Crippen LogP contribution in [0.3, 0.4) is 0 Å². The highest BCUT2D eigenvalue weighted by molar-refractivity contribution is 5.78. The average molecular weight is 358 g/mol. The molecule has 2 rings (SSSR count). The van der Waals surface area contributed by atoms with Gasteiger partial charge < -0.3 is 10.2 Å². The third kappa shape index (κ3) is 6.19. The largest absolute Gasteiger partial charge is 0.417 e. The second kappa shape index (κ2) is 8.51. The number of halogens is 3. The fraction of sp³-hybridized carbons (Fsp3) is 0.647. The molecule has 0 atom stereocenters. The molecule has 1 aliphatic heterocycles. The number of amides is 1. The number of nitrogens with zero attached hydrogens (tertiary/aromatic N) is 3. The number of hydrogen-bond acceptors (Lipinski definition) is 4. The number of alkyl halides is 3. The highest BCUT2D eigenvalue weighted by atomic mass is 19.4. The minimum atomic E-state index is -4.37. The molecule has 0 spiro atoms. The lowest BCUT2D eigenvalue weighted by molar-refractivity contribution is -0.137. The molecule has 8 heteroatoms. The first-order valence-corrected chi connectivity index (χ1v) is 8.53. The van der Waals surface area contributed by atoms with Gasteiger partial charge in [0, 0.05) is 38.9 Å². The first-order chi connectivity index (χ1) is 11.8. The van der Waals surface area contributed by atoms with Crippen molar-refractivity contribution in [1.82, 2.24) is 15.2 Å². The normalized spacial score (nSPS) is 16.8. The Bertz CT molecular complexity index is 560. The van der Waals surface area contributed by atoms with Crippen LogP contribution < -0.4 is 10.2 Å². The smallest absolute Gasteiger partial charge is 0.355 e. The maximum atomic E-state index is 12.6. The highest BCUT2D eigenvalue weighted by Gasteiger charge is 2.31. The number of carbonyl (C=O) groups excluding carboxylic acids is 1. The Morgan fingerprint density at radius 2 is 2.00 bits per heavy atom. The molecule has 1 fully saturated rings. The van der Waals surface area contributed by atoms with Crippen LogP contribution in [0, 0.1) is 5.92 Å². The zero-order chi connectivity index (χ0) is 18.4. The van der Waals surface area contributed by atoms with Crippen molar-refractivity contribution in [1.29, 1.82) is 0 Å². The molecule has 1 aromatic heterocycles. The Hall–Kier alpha value is -1.83. The number of carbonyl (C=O) groups is 1. The first-order valence-electron chi connectivity index (χ1n) is 8.53. The molecule has 2 heterocycles. The summed E-state index contributed by atoms with van der Waals surface area (Å²) in [4.78, 5) is 19.9. The molecule has 25 heavy (non-hydrogen) atoms. The number of aromatic nitrogens is 1. The molecule has 0 aromatic carbocycles. The van der Waals surface area contributed by atoms with Crippen LogP contribution in [-0.4, -0.2) is 55.1 Å². The van der Waals surface area contributed by atoms with E-state index in [-0.39, 0.29) is 5.91 Å². The third-order valence-corrected chi connectivity index (χ3v) is 4.06. The molecule has 0 bridgehead atoms. The van der Waals surface area contributed by atoms with Crippen molar-refractivity contribution in [2.45, 2.75) is 26.4 Å². The zero-order valence-electron chi connectivity index (χ0n) is 14.6. The van der Waals surface area contributed by atoms with Crippen molar-refractivity contribution in [3.8, 4) is 0 Å². The van der Waals surface area contributed by atoms with Gasteiger partial charge in [0.1, 0.15) is 5.82 Å². The Morgan fingerprint density at radius 1 is 1.24 bits per heavy atom. The van der Waals surface area contributed by atoms with Gasteiger partial charge in [-0.15, -0.1) is 0 Å². The summed E-state index contributed by atoms with van der Waals surface area (Å²) in [5, 5.41) is 2.90. The molecule has 1 aromatic rings. The van der Waals surface area contributed by atoms with Gasteiger partial charge in [-0.2, -0.15) is 13.2 Å². The summed E-state index contributed by atoms with van der Waals surface area (Å²) in [6, 6.07) is 2.47. The number of nitrogens with one attached hydrogen (secondary N) is 1. The van der Waals surface area contributed by atoms with Crippen LogP contribution in [0.1, 0.15) is 25.8 Å². The van der Waals surface area contributed by atoms with E-state index in [4.69, 9.17) is 0 Å². The van der Waals surface area contributed by atoms with Crippen LogP contribution in [0.5, 0.6) is 0 Å². The van der Waals surface area contributed by atoms with Gasteiger partial charge in [-0.3, -0.25) is 9.69 Å². The lowest BCUT2D eigenvalue weighted by atomic mass is 10.2. The summed E-state index contributed by atoms with van der Waals surface area (Å²) in [5.41, 5.74) is -0.741. The quantitative estimate of drug-likeness (QED) is 0.878. The Morgan fingerprint density at radius 3 is 2.60 bits per heavy atom. The minimum absolute atomic E-state index is 0.00908. The van der Waals surface area contributed by atoms with Gasteiger partial charge in [-0.05, 0) is 24.5 Å². The summed E-state index contributed by atoms with van der Waals surface area (Å²) >= 11 is 0. The minimum Gasteiger partial charge on any atom is -0.355 e. The van der Waals surface area contributed by atoms with Crippen LogP contribution in [0.15, 0.2) is 18.3 Å². The molecule has 0 unspecified atom stereocenters. The summed E-state index contributed by atoms with van der Waals surface area (Å²) in [5.74, 6) is 0.961. The van der Waals surface area contributed by atoms with E-state index in [9.17, 15) is 18.0 Å². The van der Waals surface area contributed by atoms with Gasteiger partial charge in [-0.25, -0.2) is 4.98 Å². The first kappa shape index (κ1) is 19.5. The third-order valence-electron chi connectivity index (χ3n) is 4.06. The van der Waals surface area contributed by atoms with E-state index in [1.807, 2.05) is 18.7 Å². The van der Waals surface area contributed by atoms with E-state index in [1.165, 1.54) is 6.07 Å². The maximum absolute atomic E-state index is 12.6. The monoisotopic (exact) mass is 358 g/mol. The predicted molar refractivity (Wildman–Crippen MR) is 90.4 cm³/mol. The number of hydrogen-bond donors (Lipinski definition) is 1. The van der Waals surface area contributed by atoms with Gasteiger partial charge in [-0.1, -0.05) is 13.8 Å². The van der Waals surface area contributed by atoms with E-state index in [0.29, 0.717) is 44.5 Å². The van der Waals surface area contributed by atoms with Gasteiger partial charge in [0.25, 0.3) is 0 Å². The van der Waals surface area contributed by atoms with Crippen LogP contribution in [0.4, 0.5) is 19.0 Å². The van der Waals surface area contributed by atoms with Crippen LogP contribution in [0.25, 0.3) is 0 Å². The van der Waals surface area contributed by atoms with E-state index in [1.54, 1.807) is 0 Å². The molecule has 1 amide bonds. The predicted octanol–water partition coefficient (Wildman–Crippen LogP) is 2.38. The molecular formula is C17H25F3N4O. The Kier molecular flexibility index (Phi) is 6.64. The fourth-order valence-corrected chi connectivity index (χ4v) is 2.68. The van der Waals surface area contributed by atoms with Crippen LogP contribution >= 0.6 is 0 Å². The van der Waals surface area contributed by atoms with Gasteiger partial charge in [0.05, 0.1) is 12.1 Å². The van der Waals surface area contributed by atoms with E-state index >= 15 is 0 Å². The van der Waals surface area contributed by atoms with Crippen LogP contribution in [-0.2, 0) is 11.0 Å².